The van der Waals surface area contributed by atoms with Crippen LogP contribution in [0.25, 0.3) is 10.9 Å². The molecule has 0 fully saturated rings. The minimum absolute atomic E-state index is 0.0804. The second kappa shape index (κ2) is 6.32. The van der Waals surface area contributed by atoms with Crippen molar-refractivity contribution in [3.8, 4) is 0 Å². The summed E-state index contributed by atoms with van der Waals surface area (Å²) < 4.78 is 13.8. The van der Waals surface area contributed by atoms with E-state index >= 15 is 0 Å². The molecular weight excluding hydrogens is 297 g/mol. The van der Waals surface area contributed by atoms with Crippen molar-refractivity contribution in [1.29, 1.82) is 0 Å². The zero-order chi connectivity index (χ0) is 17.2. The van der Waals surface area contributed by atoms with Crippen molar-refractivity contribution in [2.24, 2.45) is 11.7 Å². The van der Waals surface area contributed by atoms with Crippen LogP contribution in [0.3, 0.4) is 0 Å². The van der Waals surface area contributed by atoms with E-state index in [9.17, 15) is 14.0 Å². The van der Waals surface area contributed by atoms with Crippen molar-refractivity contribution >= 4 is 22.7 Å². The summed E-state index contributed by atoms with van der Waals surface area (Å²) >= 11 is 0. The SMILES string of the molecule is CC(C)C[C@](C)(NC(=O)c1cc(F)cc2cccnc12)C(N)=O. The summed E-state index contributed by atoms with van der Waals surface area (Å²) in [4.78, 5) is 28.5. The van der Waals surface area contributed by atoms with Crippen LogP contribution in [-0.4, -0.2) is 22.3 Å². The van der Waals surface area contributed by atoms with Crippen LogP contribution in [0.15, 0.2) is 30.5 Å². The predicted molar refractivity (Wildman–Crippen MR) is 86.2 cm³/mol. The molecule has 0 spiro atoms. The van der Waals surface area contributed by atoms with Crippen LogP contribution < -0.4 is 11.1 Å². The molecule has 2 rings (SSSR count). The van der Waals surface area contributed by atoms with Gasteiger partial charge in [0.25, 0.3) is 5.91 Å². The van der Waals surface area contributed by atoms with Gasteiger partial charge in [0.15, 0.2) is 0 Å². The molecule has 0 saturated heterocycles. The maximum absolute atomic E-state index is 13.8. The first-order valence-corrected chi connectivity index (χ1v) is 7.39. The van der Waals surface area contributed by atoms with E-state index in [1.165, 1.54) is 12.3 Å². The second-order valence-electron chi connectivity index (χ2n) is 6.28. The van der Waals surface area contributed by atoms with Gasteiger partial charge in [0.1, 0.15) is 11.4 Å². The highest BCUT2D eigenvalue weighted by atomic mass is 19.1. The Labute approximate surface area is 134 Å². The van der Waals surface area contributed by atoms with Gasteiger partial charge in [0.2, 0.25) is 5.91 Å². The average molecular weight is 317 g/mol. The average Bonchev–Trinajstić information content (AvgIpc) is 2.45. The Morgan fingerprint density at radius 3 is 2.70 bits per heavy atom. The fourth-order valence-electron chi connectivity index (χ4n) is 2.68. The van der Waals surface area contributed by atoms with Gasteiger partial charge < -0.3 is 11.1 Å². The molecule has 23 heavy (non-hydrogen) atoms. The summed E-state index contributed by atoms with van der Waals surface area (Å²) in [5.74, 6) is -1.60. The monoisotopic (exact) mass is 317 g/mol. The molecule has 2 amide bonds. The number of carbonyl (C=O) groups excluding carboxylic acids is 2. The lowest BCUT2D eigenvalue weighted by Crippen LogP contribution is -2.56. The van der Waals surface area contributed by atoms with E-state index in [0.717, 1.165) is 6.07 Å². The molecule has 0 saturated carbocycles. The fraction of sp³-hybridized carbons (Fsp3) is 0.353. The van der Waals surface area contributed by atoms with E-state index in [1.807, 2.05) is 13.8 Å². The van der Waals surface area contributed by atoms with Crippen molar-refractivity contribution in [1.82, 2.24) is 10.3 Å². The van der Waals surface area contributed by atoms with Gasteiger partial charge in [-0.3, -0.25) is 14.6 Å². The smallest absolute Gasteiger partial charge is 0.254 e. The van der Waals surface area contributed by atoms with Gasteiger partial charge >= 0.3 is 0 Å². The molecular formula is C17H20FN3O2. The predicted octanol–water partition coefficient (Wildman–Crippen LogP) is 2.39. The van der Waals surface area contributed by atoms with Crippen LogP contribution in [0.1, 0.15) is 37.6 Å². The highest BCUT2D eigenvalue weighted by Crippen LogP contribution is 2.21. The number of hydrogen-bond acceptors (Lipinski definition) is 3. The first-order chi connectivity index (χ1) is 10.7. The van der Waals surface area contributed by atoms with E-state index in [2.05, 4.69) is 10.3 Å². The number of nitrogens with one attached hydrogen (secondary N) is 1. The molecule has 1 heterocycles. The Kier molecular flexibility index (Phi) is 4.63. The van der Waals surface area contributed by atoms with E-state index < -0.39 is 23.2 Å². The van der Waals surface area contributed by atoms with Crippen molar-refractivity contribution in [2.75, 3.05) is 0 Å². The summed E-state index contributed by atoms with van der Waals surface area (Å²) in [6, 6.07) is 5.75. The number of primary amides is 1. The molecule has 0 aliphatic rings. The number of benzene rings is 1. The number of aromatic nitrogens is 1. The van der Waals surface area contributed by atoms with Gasteiger partial charge in [-0.15, -0.1) is 0 Å². The first-order valence-electron chi connectivity index (χ1n) is 7.39. The van der Waals surface area contributed by atoms with E-state index in [4.69, 9.17) is 5.73 Å². The zero-order valence-corrected chi connectivity index (χ0v) is 13.4. The number of hydrogen-bond donors (Lipinski definition) is 2. The molecule has 0 aliphatic carbocycles. The van der Waals surface area contributed by atoms with Gasteiger partial charge in [-0.25, -0.2) is 4.39 Å². The number of nitrogens with two attached hydrogens (primary N) is 1. The van der Waals surface area contributed by atoms with Crippen molar-refractivity contribution in [2.45, 2.75) is 32.7 Å². The third-order valence-electron chi connectivity index (χ3n) is 3.66. The van der Waals surface area contributed by atoms with E-state index in [0.29, 0.717) is 17.3 Å². The first kappa shape index (κ1) is 16.9. The molecule has 0 aliphatic heterocycles. The third kappa shape index (κ3) is 3.64. The van der Waals surface area contributed by atoms with Crippen LogP contribution in [0.5, 0.6) is 0 Å². The summed E-state index contributed by atoms with van der Waals surface area (Å²) in [7, 11) is 0. The Hall–Kier alpha value is -2.50. The number of nitrogens with zero attached hydrogens (tertiary/aromatic N) is 1. The van der Waals surface area contributed by atoms with E-state index in [-0.39, 0.29) is 11.5 Å². The molecule has 3 N–H and O–H groups in total. The lowest BCUT2D eigenvalue weighted by atomic mass is 9.89. The Balaban J connectivity index is 2.42. The molecule has 0 unspecified atom stereocenters. The summed E-state index contributed by atoms with van der Waals surface area (Å²) in [5.41, 5.74) is 4.69. The Bertz CT molecular complexity index is 761. The van der Waals surface area contributed by atoms with Crippen molar-refractivity contribution in [3.63, 3.8) is 0 Å². The standard InChI is InChI=1S/C17H20FN3O2/c1-10(2)9-17(3,16(19)23)21-15(22)13-8-12(18)7-11-5-4-6-20-14(11)13/h4-8,10H,9H2,1-3H3,(H2,19,23)(H,21,22)/t17-/m0/s1. The Morgan fingerprint density at radius 2 is 2.09 bits per heavy atom. The minimum atomic E-state index is -1.21. The molecule has 0 radical (unpaired) electrons. The number of rotatable bonds is 5. The third-order valence-corrected chi connectivity index (χ3v) is 3.66. The number of pyridine rings is 1. The highest BCUT2D eigenvalue weighted by Gasteiger charge is 2.34. The number of amides is 2. The van der Waals surface area contributed by atoms with Gasteiger partial charge in [-0.1, -0.05) is 19.9 Å². The quantitative estimate of drug-likeness (QED) is 0.888. The van der Waals surface area contributed by atoms with Gasteiger partial charge in [0.05, 0.1) is 11.1 Å². The summed E-state index contributed by atoms with van der Waals surface area (Å²) in [6.45, 7) is 5.42. The fourth-order valence-corrected chi connectivity index (χ4v) is 2.68. The highest BCUT2D eigenvalue weighted by molar-refractivity contribution is 6.07. The van der Waals surface area contributed by atoms with Gasteiger partial charge in [0, 0.05) is 11.6 Å². The largest absolute Gasteiger partial charge is 0.368 e. The maximum Gasteiger partial charge on any atom is 0.254 e. The van der Waals surface area contributed by atoms with Gasteiger partial charge in [-0.2, -0.15) is 0 Å². The molecule has 6 heteroatoms. The van der Waals surface area contributed by atoms with Crippen LogP contribution in [0.4, 0.5) is 4.39 Å². The number of halogens is 1. The number of carbonyl (C=O) groups is 2. The van der Waals surface area contributed by atoms with Crippen LogP contribution in [0, 0.1) is 11.7 Å². The molecule has 2 aromatic rings. The van der Waals surface area contributed by atoms with Crippen molar-refractivity contribution in [3.05, 3.63) is 41.8 Å². The van der Waals surface area contributed by atoms with E-state index in [1.54, 1.807) is 19.1 Å². The number of fused-ring (bicyclic) bond motifs is 1. The van der Waals surface area contributed by atoms with Crippen LogP contribution >= 0.6 is 0 Å². The second-order valence-corrected chi connectivity index (χ2v) is 6.28. The lowest BCUT2D eigenvalue weighted by molar-refractivity contribution is -0.124. The maximum atomic E-state index is 13.8. The zero-order valence-electron chi connectivity index (χ0n) is 13.4. The van der Waals surface area contributed by atoms with Crippen LogP contribution in [0.2, 0.25) is 0 Å². The molecule has 5 nitrogen and oxygen atoms in total. The minimum Gasteiger partial charge on any atom is -0.368 e. The summed E-state index contributed by atoms with van der Waals surface area (Å²) in [6.07, 6.45) is 1.91. The molecule has 122 valence electrons. The Morgan fingerprint density at radius 1 is 1.39 bits per heavy atom. The van der Waals surface area contributed by atoms with Gasteiger partial charge in [-0.05, 0) is 37.5 Å². The van der Waals surface area contributed by atoms with Crippen molar-refractivity contribution < 1.29 is 14.0 Å². The van der Waals surface area contributed by atoms with Crippen LogP contribution in [-0.2, 0) is 4.79 Å². The lowest BCUT2D eigenvalue weighted by Gasteiger charge is -2.29. The normalized spacial score (nSPS) is 13.8. The molecule has 0 bridgehead atoms. The molecule has 1 aromatic carbocycles. The molecule has 1 atom stereocenters. The molecule has 1 aromatic heterocycles. The topological polar surface area (TPSA) is 85.1 Å². The summed E-state index contributed by atoms with van der Waals surface area (Å²) in [5, 5.41) is 3.16.